The molecular formula is C27H37ClN4O7. The molecule has 12 heteroatoms. The highest BCUT2D eigenvalue weighted by molar-refractivity contribution is 6.32. The van der Waals surface area contributed by atoms with Gasteiger partial charge in [0.15, 0.2) is 0 Å². The number of aromatic nitrogens is 1. The van der Waals surface area contributed by atoms with E-state index in [0.717, 1.165) is 11.1 Å². The van der Waals surface area contributed by atoms with Gasteiger partial charge in [0.05, 0.1) is 17.3 Å². The minimum Gasteiger partial charge on any atom is -0.461 e. The van der Waals surface area contributed by atoms with Crippen LogP contribution < -0.4 is 20.7 Å². The predicted octanol–water partition coefficient (Wildman–Crippen LogP) is 5.49. The van der Waals surface area contributed by atoms with Gasteiger partial charge in [-0.15, -0.1) is 0 Å². The second-order valence-corrected chi connectivity index (χ2v) is 11.5. The molecule has 0 radical (unpaired) electrons. The monoisotopic (exact) mass is 564 g/mol. The van der Waals surface area contributed by atoms with Crippen LogP contribution >= 0.6 is 11.6 Å². The third kappa shape index (κ3) is 8.44. The van der Waals surface area contributed by atoms with Crippen molar-refractivity contribution in [3.8, 4) is 5.75 Å². The van der Waals surface area contributed by atoms with Crippen molar-refractivity contribution < 1.29 is 33.3 Å². The van der Waals surface area contributed by atoms with E-state index in [9.17, 15) is 14.4 Å². The highest BCUT2D eigenvalue weighted by Crippen LogP contribution is 2.39. The van der Waals surface area contributed by atoms with Gasteiger partial charge in [0.2, 0.25) is 0 Å². The summed E-state index contributed by atoms with van der Waals surface area (Å²) in [7, 11) is 0. The summed E-state index contributed by atoms with van der Waals surface area (Å²) < 4.78 is 22.1. The second-order valence-electron chi connectivity index (χ2n) is 11.1. The number of aromatic amines is 1. The fourth-order valence-electron chi connectivity index (χ4n) is 3.88. The zero-order valence-electron chi connectivity index (χ0n) is 23.4. The van der Waals surface area contributed by atoms with E-state index in [1.807, 2.05) is 6.07 Å². The van der Waals surface area contributed by atoms with Crippen LogP contribution in [0.4, 0.5) is 15.3 Å². The maximum atomic E-state index is 12.7. The average Bonchev–Trinajstić information content (AvgIpc) is 3.25. The molecule has 0 spiro atoms. The number of hydrogen-bond donors (Lipinski definition) is 4. The van der Waals surface area contributed by atoms with Gasteiger partial charge < -0.3 is 29.2 Å². The van der Waals surface area contributed by atoms with E-state index in [-0.39, 0.29) is 13.0 Å². The molecule has 4 N–H and O–H groups in total. The van der Waals surface area contributed by atoms with E-state index in [1.54, 1.807) is 66.8 Å². The number of halogens is 1. The molecule has 2 aromatic rings. The lowest BCUT2D eigenvalue weighted by Crippen LogP contribution is -2.66. The molecule has 3 rings (SSSR count). The Morgan fingerprint density at radius 1 is 1.05 bits per heavy atom. The number of ether oxygens (including phenoxy) is 4. The minimum absolute atomic E-state index is 0.170. The molecule has 2 heterocycles. The average molecular weight is 565 g/mol. The lowest BCUT2D eigenvalue weighted by atomic mass is 9.96. The highest BCUT2D eigenvalue weighted by atomic mass is 35.5. The molecule has 0 aliphatic carbocycles. The van der Waals surface area contributed by atoms with Crippen molar-refractivity contribution in [1.29, 1.82) is 0 Å². The number of hydrogen-bond acceptors (Lipinski definition) is 8. The fraction of sp³-hybridized carbons (Fsp3) is 0.519. The maximum Gasteiger partial charge on any atom is 0.412 e. The number of amides is 2. The Balaban J connectivity index is 1.84. The number of rotatable bonds is 7. The van der Waals surface area contributed by atoms with Crippen LogP contribution in [0, 0.1) is 0 Å². The van der Waals surface area contributed by atoms with Gasteiger partial charge in [0.25, 0.3) is 5.85 Å². The smallest absolute Gasteiger partial charge is 0.412 e. The van der Waals surface area contributed by atoms with Crippen LogP contribution in [0.3, 0.4) is 0 Å². The number of alkyl carbamates (subject to hydrolysis) is 2. The Bertz CT molecular complexity index is 1180. The van der Waals surface area contributed by atoms with Crippen molar-refractivity contribution in [2.24, 2.45) is 0 Å². The molecule has 39 heavy (non-hydrogen) atoms. The zero-order chi connectivity index (χ0) is 29.0. The summed E-state index contributed by atoms with van der Waals surface area (Å²) in [6, 6.07) is 5.21. The number of carbonyl (C=O) groups excluding carboxylic acids is 3. The second kappa shape index (κ2) is 11.6. The van der Waals surface area contributed by atoms with Crippen LogP contribution in [0.1, 0.15) is 76.5 Å². The van der Waals surface area contributed by atoms with Crippen molar-refractivity contribution in [2.45, 2.75) is 84.9 Å². The van der Waals surface area contributed by atoms with Crippen molar-refractivity contribution in [2.75, 3.05) is 11.9 Å². The predicted molar refractivity (Wildman–Crippen MR) is 146 cm³/mol. The Hall–Kier alpha value is -3.60. The van der Waals surface area contributed by atoms with E-state index in [4.69, 9.17) is 30.5 Å². The Kier molecular flexibility index (Phi) is 8.94. The van der Waals surface area contributed by atoms with E-state index in [1.165, 1.54) is 0 Å². The standard InChI is InChI=1S/C27H37ClN4O7/c1-8-36-22(33)20-13-17(15-30-20)29-14-16-9-10-19(28)21-18(16)11-12-27(37-21,31-23(34)38-25(2,3)4)32-24(35)39-26(5,6)7/h9-10,13,15,29-30H,8,11-12,14H2,1-7H3,(H,31,34)(H,32,35). The van der Waals surface area contributed by atoms with Gasteiger partial charge in [-0.3, -0.25) is 10.6 Å². The summed E-state index contributed by atoms with van der Waals surface area (Å²) in [6.07, 6.45) is 0.690. The van der Waals surface area contributed by atoms with Gasteiger partial charge in [-0.05, 0) is 72.6 Å². The van der Waals surface area contributed by atoms with Gasteiger partial charge in [0, 0.05) is 24.7 Å². The largest absolute Gasteiger partial charge is 0.461 e. The van der Waals surface area contributed by atoms with Crippen LogP contribution in [-0.4, -0.2) is 46.8 Å². The third-order valence-electron chi connectivity index (χ3n) is 5.38. The van der Waals surface area contributed by atoms with Crippen molar-refractivity contribution in [3.05, 3.63) is 46.2 Å². The number of anilines is 1. The Morgan fingerprint density at radius 3 is 2.23 bits per heavy atom. The molecule has 2 amide bonds. The molecule has 1 aliphatic heterocycles. The molecule has 1 aliphatic rings. The molecular weight excluding hydrogens is 528 g/mol. The van der Waals surface area contributed by atoms with Gasteiger partial charge in [-0.25, -0.2) is 14.4 Å². The normalized spacial score (nSPS) is 14.4. The lowest BCUT2D eigenvalue weighted by Gasteiger charge is -2.40. The topological polar surface area (TPSA) is 140 Å². The fourth-order valence-corrected chi connectivity index (χ4v) is 4.10. The summed E-state index contributed by atoms with van der Waals surface area (Å²) in [5, 5.41) is 8.89. The van der Waals surface area contributed by atoms with Gasteiger partial charge >= 0.3 is 18.2 Å². The van der Waals surface area contributed by atoms with Gasteiger partial charge in [-0.2, -0.15) is 0 Å². The van der Waals surface area contributed by atoms with Crippen LogP contribution in [0.5, 0.6) is 5.75 Å². The number of H-pyrrole nitrogens is 1. The summed E-state index contributed by atoms with van der Waals surface area (Å²) >= 11 is 6.52. The molecule has 1 aromatic carbocycles. The summed E-state index contributed by atoms with van der Waals surface area (Å²) in [4.78, 5) is 40.3. The first-order chi connectivity index (χ1) is 18.1. The molecule has 0 fully saturated rings. The minimum atomic E-state index is -1.66. The first kappa shape index (κ1) is 29.9. The molecule has 0 atom stereocenters. The van der Waals surface area contributed by atoms with Crippen LogP contribution in [0.2, 0.25) is 5.02 Å². The number of esters is 1. The quantitative estimate of drug-likeness (QED) is 0.197. The van der Waals surface area contributed by atoms with Crippen molar-refractivity contribution >= 4 is 35.4 Å². The van der Waals surface area contributed by atoms with E-state index in [0.29, 0.717) is 35.1 Å². The summed E-state index contributed by atoms with van der Waals surface area (Å²) in [5.41, 5.74) is 1.19. The Morgan fingerprint density at radius 2 is 1.67 bits per heavy atom. The lowest BCUT2D eigenvalue weighted by molar-refractivity contribution is -0.0382. The van der Waals surface area contributed by atoms with Crippen molar-refractivity contribution in [1.82, 2.24) is 15.6 Å². The number of nitrogens with one attached hydrogen (secondary N) is 4. The summed E-state index contributed by atoms with van der Waals surface area (Å²) in [5.74, 6) is -1.78. The third-order valence-corrected chi connectivity index (χ3v) is 5.68. The van der Waals surface area contributed by atoms with Gasteiger partial charge in [-0.1, -0.05) is 17.7 Å². The molecule has 0 saturated carbocycles. The highest BCUT2D eigenvalue weighted by Gasteiger charge is 2.43. The molecule has 1 aromatic heterocycles. The molecule has 0 saturated heterocycles. The SMILES string of the molecule is CCOC(=O)c1cc(NCc2ccc(Cl)c3c2CCC(NC(=O)OC(C)(C)C)(NC(=O)OC(C)(C)C)O3)c[nH]1. The number of benzene rings is 1. The van der Waals surface area contributed by atoms with Crippen molar-refractivity contribution in [3.63, 3.8) is 0 Å². The molecule has 214 valence electrons. The van der Waals surface area contributed by atoms with Crippen LogP contribution in [-0.2, 0) is 27.2 Å². The number of fused-ring (bicyclic) bond motifs is 1. The Labute approximate surface area is 233 Å². The molecule has 11 nitrogen and oxygen atoms in total. The first-order valence-electron chi connectivity index (χ1n) is 12.7. The van der Waals surface area contributed by atoms with E-state index in [2.05, 4.69) is 20.9 Å². The first-order valence-corrected chi connectivity index (χ1v) is 13.1. The van der Waals surface area contributed by atoms with Crippen LogP contribution in [0.25, 0.3) is 0 Å². The van der Waals surface area contributed by atoms with Crippen LogP contribution in [0.15, 0.2) is 24.4 Å². The zero-order valence-corrected chi connectivity index (χ0v) is 24.1. The maximum absolute atomic E-state index is 12.7. The van der Waals surface area contributed by atoms with Gasteiger partial charge in [0.1, 0.15) is 22.6 Å². The van der Waals surface area contributed by atoms with E-state index < -0.39 is 35.2 Å². The van der Waals surface area contributed by atoms with E-state index >= 15 is 0 Å². The molecule has 0 unspecified atom stereocenters. The molecule has 0 bridgehead atoms. The number of carbonyl (C=O) groups is 3. The summed E-state index contributed by atoms with van der Waals surface area (Å²) in [6.45, 7) is 12.8.